The lowest BCUT2D eigenvalue weighted by molar-refractivity contribution is -0.170. The Bertz CT molecular complexity index is 510. The Labute approximate surface area is 138 Å². The smallest absolute Gasteiger partial charge is 0.334 e. The maximum absolute atomic E-state index is 12.5. The standard InChI is InChI=1S/C16H27NO5Si/c1-6-23(7-2,8-3)22-10(5)11-12-9(4)14(18)13(16(20)21)17(12)15(11)19/h9-13H,6-8H2,1-5H3,(H,20,21)/t9-,10?,11-,12+,13?/m1/s1. The van der Waals surface area contributed by atoms with Crippen molar-refractivity contribution in [1.29, 1.82) is 0 Å². The summed E-state index contributed by atoms with van der Waals surface area (Å²) in [4.78, 5) is 37.2. The van der Waals surface area contributed by atoms with Gasteiger partial charge in [-0.1, -0.05) is 27.7 Å². The first-order valence-corrected chi connectivity index (χ1v) is 11.0. The Kier molecular flexibility index (Phi) is 5.01. The molecule has 2 heterocycles. The van der Waals surface area contributed by atoms with E-state index in [0.29, 0.717) is 0 Å². The number of β-lactam (4-membered cyclic amide) rings is 1. The van der Waals surface area contributed by atoms with Gasteiger partial charge < -0.3 is 14.4 Å². The molecule has 2 rings (SSSR count). The predicted molar refractivity (Wildman–Crippen MR) is 87.5 cm³/mol. The molecule has 5 atom stereocenters. The minimum Gasteiger partial charge on any atom is -0.479 e. The van der Waals surface area contributed by atoms with Crippen LogP contribution in [0.25, 0.3) is 0 Å². The molecule has 1 amide bonds. The van der Waals surface area contributed by atoms with Crippen LogP contribution < -0.4 is 0 Å². The van der Waals surface area contributed by atoms with Crippen molar-refractivity contribution in [3.63, 3.8) is 0 Å². The molecule has 1 N–H and O–H groups in total. The van der Waals surface area contributed by atoms with E-state index in [1.54, 1.807) is 6.92 Å². The number of hydrogen-bond donors (Lipinski definition) is 1. The van der Waals surface area contributed by atoms with E-state index >= 15 is 0 Å². The number of rotatable bonds is 7. The number of ketones is 1. The number of carboxylic acid groups (broad SMARTS) is 1. The highest BCUT2D eigenvalue weighted by atomic mass is 28.4. The Morgan fingerprint density at radius 3 is 2.22 bits per heavy atom. The molecule has 0 bridgehead atoms. The van der Waals surface area contributed by atoms with E-state index in [2.05, 4.69) is 20.8 Å². The van der Waals surface area contributed by atoms with Crippen LogP contribution in [0.1, 0.15) is 34.6 Å². The van der Waals surface area contributed by atoms with Gasteiger partial charge in [-0.05, 0) is 25.1 Å². The fourth-order valence-corrected chi connectivity index (χ4v) is 7.08. The molecule has 0 radical (unpaired) electrons. The zero-order chi connectivity index (χ0) is 17.5. The minimum absolute atomic E-state index is 0.251. The molecule has 2 aliphatic heterocycles. The molecule has 0 spiro atoms. The van der Waals surface area contributed by atoms with E-state index in [9.17, 15) is 19.5 Å². The number of aliphatic carboxylic acids is 1. The fourth-order valence-electron chi connectivity index (χ4n) is 4.15. The molecular weight excluding hydrogens is 314 g/mol. The molecule has 0 aromatic rings. The average molecular weight is 341 g/mol. The SMILES string of the molecule is CC[Si](CC)(CC)OC(C)[C@H]1C(=O)N2C(C(=O)O)C(=O)[C@H](C)[C@@H]12. The summed E-state index contributed by atoms with van der Waals surface area (Å²) in [5.41, 5.74) is 0. The van der Waals surface area contributed by atoms with Crippen LogP contribution in [0, 0.1) is 11.8 Å². The topological polar surface area (TPSA) is 83.9 Å². The van der Waals surface area contributed by atoms with E-state index in [0.717, 1.165) is 18.1 Å². The minimum atomic E-state index is -1.85. The van der Waals surface area contributed by atoms with Crippen molar-refractivity contribution in [3.8, 4) is 0 Å². The largest absolute Gasteiger partial charge is 0.479 e. The zero-order valence-electron chi connectivity index (χ0n) is 14.5. The maximum Gasteiger partial charge on any atom is 0.334 e. The van der Waals surface area contributed by atoms with Gasteiger partial charge in [0.05, 0.1) is 18.1 Å². The number of Topliss-reactive ketones (excluding diaryl/α,β-unsaturated/α-hetero) is 1. The van der Waals surface area contributed by atoms with Crippen LogP contribution in [0.4, 0.5) is 0 Å². The first kappa shape index (κ1) is 18.1. The highest BCUT2D eigenvalue weighted by molar-refractivity contribution is 6.73. The summed E-state index contributed by atoms with van der Waals surface area (Å²) in [7, 11) is -1.85. The van der Waals surface area contributed by atoms with E-state index in [-0.39, 0.29) is 23.8 Å². The van der Waals surface area contributed by atoms with Crippen molar-refractivity contribution in [2.75, 3.05) is 0 Å². The second-order valence-corrected chi connectivity index (χ2v) is 11.5. The molecule has 6 nitrogen and oxygen atoms in total. The van der Waals surface area contributed by atoms with Gasteiger partial charge in [0.1, 0.15) is 0 Å². The van der Waals surface area contributed by atoms with Crippen LogP contribution in [-0.4, -0.2) is 54.2 Å². The third-order valence-electron chi connectivity index (χ3n) is 5.85. The first-order chi connectivity index (χ1) is 10.7. The van der Waals surface area contributed by atoms with Crippen molar-refractivity contribution in [3.05, 3.63) is 0 Å². The van der Waals surface area contributed by atoms with Crippen molar-refractivity contribution in [2.45, 2.75) is 70.9 Å². The van der Waals surface area contributed by atoms with Crippen LogP contribution >= 0.6 is 0 Å². The Hall–Kier alpha value is -1.21. The third-order valence-corrected chi connectivity index (χ3v) is 10.6. The number of carboxylic acids is 1. The Morgan fingerprint density at radius 2 is 1.78 bits per heavy atom. The second-order valence-electron chi connectivity index (χ2n) is 6.76. The van der Waals surface area contributed by atoms with E-state index in [1.165, 1.54) is 4.90 Å². The normalized spacial score (nSPS) is 31.8. The molecule has 2 unspecified atom stereocenters. The molecular formula is C16H27NO5Si. The average Bonchev–Trinajstić information content (AvgIpc) is 2.74. The van der Waals surface area contributed by atoms with E-state index in [1.807, 2.05) is 6.92 Å². The highest BCUT2D eigenvalue weighted by Crippen LogP contribution is 2.44. The number of carbonyl (C=O) groups excluding carboxylic acids is 2. The van der Waals surface area contributed by atoms with Crippen LogP contribution in [-0.2, 0) is 18.8 Å². The molecule has 0 aromatic carbocycles. The van der Waals surface area contributed by atoms with E-state index in [4.69, 9.17) is 4.43 Å². The summed E-state index contributed by atoms with van der Waals surface area (Å²) in [6.07, 6.45) is -0.266. The van der Waals surface area contributed by atoms with Gasteiger partial charge in [-0.15, -0.1) is 0 Å². The number of fused-ring (bicyclic) bond motifs is 1. The summed E-state index contributed by atoms with van der Waals surface area (Å²) < 4.78 is 6.38. The molecule has 2 aliphatic rings. The highest BCUT2D eigenvalue weighted by Gasteiger charge is 2.65. The van der Waals surface area contributed by atoms with Gasteiger partial charge in [-0.25, -0.2) is 4.79 Å². The van der Waals surface area contributed by atoms with E-state index < -0.39 is 32.2 Å². The van der Waals surface area contributed by atoms with Crippen molar-refractivity contribution in [2.24, 2.45) is 11.8 Å². The lowest BCUT2D eigenvalue weighted by Crippen LogP contribution is -2.66. The summed E-state index contributed by atoms with van der Waals surface area (Å²) >= 11 is 0. The first-order valence-electron chi connectivity index (χ1n) is 8.51. The van der Waals surface area contributed by atoms with Gasteiger partial charge in [0.15, 0.2) is 20.1 Å². The molecule has 0 saturated carbocycles. The number of amides is 1. The second kappa shape index (κ2) is 6.35. The number of hydrogen-bond acceptors (Lipinski definition) is 4. The van der Waals surface area contributed by atoms with Gasteiger partial charge in [0.2, 0.25) is 5.91 Å². The monoisotopic (exact) mass is 341 g/mol. The number of carbonyl (C=O) groups is 3. The third kappa shape index (κ3) is 2.63. The maximum atomic E-state index is 12.5. The van der Waals surface area contributed by atoms with Crippen molar-refractivity contribution >= 4 is 26.0 Å². The van der Waals surface area contributed by atoms with Crippen molar-refractivity contribution < 1.29 is 23.9 Å². The lowest BCUT2D eigenvalue weighted by Gasteiger charge is -2.49. The quantitative estimate of drug-likeness (QED) is 0.434. The summed E-state index contributed by atoms with van der Waals surface area (Å²) in [5.74, 6) is -2.68. The summed E-state index contributed by atoms with van der Waals surface area (Å²) in [6.45, 7) is 10.0. The Morgan fingerprint density at radius 1 is 1.26 bits per heavy atom. The number of nitrogens with zero attached hydrogens (tertiary/aromatic N) is 1. The Balaban J connectivity index is 2.19. The summed E-state index contributed by atoms with van der Waals surface area (Å²) in [6, 6.07) is 1.34. The van der Waals surface area contributed by atoms with Crippen molar-refractivity contribution in [1.82, 2.24) is 4.90 Å². The van der Waals surface area contributed by atoms with Gasteiger partial charge in [0, 0.05) is 5.92 Å². The molecule has 130 valence electrons. The van der Waals surface area contributed by atoms with Crippen LogP contribution in [0.15, 0.2) is 0 Å². The van der Waals surface area contributed by atoms with Gasteiger partial charge in [0.25, 0.3) is 0 Å². The molecule has 0 aliphatic carbocycles. The molecule has 2 saturated heterocycles. The van der Waals surface area contributed by atoms with Crippen LogP contribution in [0.5, 0.6) is 0 Å². The molecule has 7 heteroatoms. The molecule has 0 aromatic heterocycles. The zero-order valence-corrected chi connectivity index (χ0v) is 15.5. The predicted octanol–water partition coefficient (Wildman–Crippen LogP) is 1.90. The van der Waals surface area contributed by atoms with Gasteiger partial charge >= 0.3 is 5.97 Å². The molecule has 2 fully saturated rings. The van der Waals surface area contributed by atoms with Gasteiger partial charge in [-0.3, -0.25) is 9.59 Å². The lowest BCUT2D eigenvalue weighted by atomic mass is 9.79. The fraction of sp³-hybridized carbons (Fsp3) is 0.812. The van der Waals surface area contributed by atoms with Gasteiger partial charge in [-0.2, -0.15) is 0 Å². The van der Waals surface area contributed by atoms with Crippen LogP contribution in [0.2, 0.25) is 18.1 Å². The summed E-state index contributed by atoms with van der Waals surface area (Å²) in [5, 5.41) is 9.23. The molecule has 23 heavy (non-hydrogen) atoms. The van der Waals surface area contributed by atoms with Crippen LogP contribution in [0.3, 0.4) is 0 Å².